The van der Waals surface area contributed by atoms with Gasteiger partial charge in [-0.3, -0.25) is 4.98 Å². The molecule has 1 atom stereocenters. The summed E-state index contributed by atoms with van der Waals surface area (Å²) < 4.78 is 49.8. The van der Waals surface area contributed by atoms with Crippen LogP contribution < -0.4 is 4.57 Å². The maximum atomic E-state index is 8.38. The molecule has 1 aromatic carbocycles. The Kier molecular flexibility index (Phi) is 3.01. The molecule has 0 saturated heterocycles. The molecular formula is C22H25N2+. The van der Waals surface area contributed by atoms with Gasteiger partial charge < -0.3 is 0 Å². The third-order valence-corrected chi connectivity index (χ3v) is 3.93. The van der Waals surface area contributed by atoms with Crippen molar-refractivity contribution in [3.8, 4) is 22.5 Å². The van der Waals surface area contributed by atoms with E-state index in [1.54, 1.807) is 12.1 Å². The van der Waals surface area contributed by atoms with E-state index in [2.05, 4.69) is 4.98 Å². The zero-order chi connectivity index (χ0) is 22.3. The van der Waals surface area contributed by atoms with E-state index in [-0.39, 0.29) is 5.69 Å². The van der Waals surface area contributed by atoms with Crippen LogP contribution in [0.5, 0.6) is 0 Å². The lowest BCUT2D eigenvalue weighted by Gasteiger charge is -2.09. The number of aromatic nitrogens is 2. The number of aryl methyl sites for hydroxylation is 2. The van der Waals surface area contributed by atoms with Gasteiger partial charge in [0.15, 0.2) is 6.20 Å². The molecule has 0 saturated carbocycles. The Hall–Kier alpha value is -2.48. The molecule has 0 bridgehead atoms. The Morgan fingerprint density at radius 1 is 1.21 bits per heavy atom. The van der Waals surface area contributed by atoms with E-state index in [4.69, 9.17) is 8.22 Å². The summed E-state index contributed by atoms with van der Waals surface area (Å²) in [6, 6.07) is 16.7. The molecule has 2 nitrogen and oxygen atoms in total. The first kappa shape index (κ1) is 10.4. The molecule has 122 valence electrons. The molecule has 2 heteroatoms. The molecule has 0 aliphatic heterocycles. The van der Waals surface area contributed by atoms with Crippen LogP contribution in [0.3, 0.4) is 0 Å². The number of nitrogens with zero attached hydrogens (tertiary/aromatic N) is 2. The van der Waals surface area contributed by atoms with Crippen molar-refractivity contribution in [3.05, 3.63) is 72.1 Å². The molecular weight excluding hydrogens is 292 g/mol. The predicted molar refractivity (Wildman–Crippen MR) is 99.6 cm³/mol. The van der Waals surface area contributed by atoms with Crippen molar-refractivity contribution in [2.45, 2.75) is 27.1 Å². The Balaban J connectivity index is 2.10. The fourth-order valence-corrected chi connectivity index (χ4v) is 2.71. The predicted octanol–water partition coefficient (Wildman–Crippen LogP) is 4.75. The van der Waals surface area contributed by atoms with Gasteiger partial charge in [-0.15, -0.1) is 0 Å². The fourth-order valence-electron chi connectivity index (χ4n) is 2.71. The smallest absolute Gasteiger partial charge is 0.213 e. The van der Waals surface area contributed by atoms with E-state index in [9.17, 15) is 0 Å². The number of benzene rings is 1. The van der Waals surface area contributed by atoms with Crippen molar-refractivity contribution in [1.82, 2.24) is 4.98 Å². The maximum Gasteiger partial charge on any atom is 0.213 e. The topological polar surface area (TPSA) is 16.8 Å². The molecule has 1 unspecified atom stereocenters. The van der Waals surface area contributed by atoms with E-state index in [1.165, 1.54) is 6.07 Å². The second kappa shape index (κ2) is 6.96. The summed E-state index contributed by atoms with van der Waals surface area (Å²) in [7, 11) is 1.95. The van der Waals surface area contributed by atoms with E-state index in [0.29, 0.717) is 5.69 Å². The molecule has 2 aromatic heterocycles. The number of rotatable bonds is 4. The summed E-state index contributed by atoms with van der Waals surface area (Å²) in [5, 5.41) is 0. The van der Waals surface area contributed by atoms with E-state index in [1.807, 2.05) is 61.1 Å². The minimum atomic E-state index is -2.80. The third kappa shape index (κ3) is 3.53. The van der Waals surface area contributed by atoms with Gasteiger partial charge in [-0.1, -0.05) is 38.0 Å². The zero-order valence-corrected chi connectivity index (χ0v) is 14.2. The van der Waals surface area contributed by atoms with Gasteiger partial charge in [0.2, 0.25) is 5.69 Å². The quantitative estimate of drug-likeness (QED) is 0.633. The van der Waals surface area contributed by atoms with Crippen LogP contribution in [0.15, 0.2) is 60.8 Å². The molecule has 0 amide bonds. The molecule has 0 spiro atoms. The van der Waals surface area contributed by atoms with Crippen molar-refractivity contribution in [3.63, 3.8) is 0 Å². The second-order valence-electron chi connectivity index (χ2n) is 5.88. The Morgan fingerprint density at radius 3 is 2.83 bits per heavy atom. The summed E-state index contributed by atoms with van der Waals surface area (Å²) in [6.07, 6.45) is -0.552. The van der Waals surface area contributed by atoms with Crippen LogP contribution in [0.4, 0.5) is 0 Å². The fraction of sp³-hybridized carbons (Fsp3) is 0.273. The summed E-state index contributed by atoms with van der Waals surface area (Å²) in [5.74, 6) is -2.35. The van der Waals surface area contributed by atoms with Gasteiger partial charge in [0, 0.05) is 37.2 Å². The highest BCUT2D eigenvalue weighted by molar-refractivity contribution is 5.68. The summed E-state index contributed by atoms with van der Waals surface area (Å²) in [5.41, 5.74) is 4.42. The minimum absolute atomic E-state index is 0.0701. The number of hydrogen-bond acceptors (Lipinski definition) is 1. The molecule has 0 N–H and O–H groups in total. The third-order valence-electron chi connectivity index (χ3n) is 3.93. The van der Waals surface area contributed by atoms with Crippen molar-refractivity contribution in [2.24, 2.45) is 12.9 Å². The molecule has 24 heavy (non-hydrogen) atoms. The standard InChI is InChI=1S/C22H25N2/c1-16(2)14-19-9-7-11-21(23-19)18-12-13-24(4)22(15-18)20-10-6-5-8-17(20)3/h5-13,15-16H,14H2,1-4H3/q+1/i1D3,14D2,16D. The van der Waals surface area contributed by atoms with Crippen molar-refractivity contribution in [2.75, 3.05) is 0 Å². The Morgan fingerprint density at radius 2 is 2.04 bits per heavy atom. The van der Waals surface area contributed by atoms with Gasteiger partial charge in [0.05, 0.1) is 5.69 Å². The molecule has 0 aliphatic rings. The van der Waals surface area contributed by atoms with E-state index >= 15 is 0 Å². The monoisotopic (exact) mass is 323 g/mol. The van der Waals surface area contributed by atoms with Gasteiger partial charge >= 0.3 is 0 Å². The Labute approximate surface area is 153 Å². The Bertz CT molecular complexity index is 1070. The maximum absolute atomic E-state index is 8.38. The van der Waals surface area contributed by atoms with Gasteiger partial charge in [0.25, 0.3) is 0 Å². The molecule has 0 radical (unpaired) electrons. The van der Waals surface area contributed by atoms with Gasteiger partial charge in [-0.2, -0.15) is 0 Å². The van der Waals surface area contributed by atoms with Crippen LogP contribution in [0.1, 0.15) is 33.3 Å². The van der Waals surface area contributed by atoms with Crippen LogP contribution in [-0.2, 0) is 13.4 Å². The molecule has 0 fully saturated rings. The van der Waals surface area contributed by atoms with Crippen LogP contribution in [-0.4, -0.2) is 4.98 Å². The minimum Gasteiger partial charge on any atom is -0.253 e. The van der Waals surface area contributed by atoms with E-state index < -0.39 is 19.1 Å². The summed E-state index contributed by atoms with van der Waals surface area (Å²) in [6.45, 7) is 0.333. The SMILES string of the molecule is [2H]C([2H])([2H])C([2H])(C)C([2H])([2H])c1cccc(-c2cc[n+](C)c(-c3ccccc3C)c2)n1. The van der Waals surface area contributed by atoms with Gasteiger partial charge in [-0.05, 0) is 43.0 Å². The lowest BCUT2D eigenvalue weighted by Crippen LogP contribution is -2.30. The highest BCUT2D eigenvalue weighted by Crippen LogP contribution is 2.25. The van der Waals surface area contributed by atoms with Crippen molar-refractivity contribution < 1.29 is 12.8 Å². The van der Waals surface area contributed by atoms with Crippen LogP contribution in [0.25, 0.3) is 22.5 Å². The molecule has 3 aromatic rings. The molecule has 3 rings (SSSR count). The summed E-state index contributed by atoms with van der Waals surface area (Å²) >= 11 is 0. The van der Waals surface area contributed by atoms with Crippen LogP contribution in [0, 0.1) is 12.8 Å². The number of pyridine rings is 2. The van der Waals surface area contributed by atoms with Gasteiger partial charge in [-0.25, -0.2) is 4.57 Å². The summed E-state index contributed by atoms with van der Waals surface area (Å²) in [4.78, 5) is 4.43. The molecule has 0 aliphatic carbocycles. The van der Waals surface area contributed by atoms with E-state index in [0.717, 1.165) is 29.3 Å². The first-order chi connectivity index (χ1) is 13.9. The average molecular weight is 323 g/mol. The lowest BCUT2D eigenvalue weighted by atomic mass is 10.0. The van der Waals surface area contributed by atoms with Crippen LogP contribution >= 0.6 is 0 Å². The zero-order valence-electron chi connectivity index (χ0n) is 20.2. The largest absolute Gasteiger partial charge is 0.253 e. The highest BCUT2D eigenvalue weighted by Gasteiger charge is 2.14. The highest BCUT2D eigenvalue weighted by atomic mass is 14.9. The normalized spacial score (nSPS) is 18.3. The lowest BCUT2D eigenvalue weighted by molar-refractivity contribution is -0.660. The molecule has 2 heterocycles. The first-order valence-corrected chi connectivity index (χ1v) is 7.90. The van der Waals surface area contributed by atoms with Crippen molar-refractivity contribution >= 4 is 0 Å². The first-order valence-electron chi connectivity index (χ1n) is 10.9. The number of hydrogen-bond donors (Lipinski definition) is 0. The van der Waals surface area contributed by atoms with Gasteiger partial charge in [0.1, 0.15) is 7.05 Å². The average Bonchev–Trinajstić information content (AvgIpc) is 2.68. The van der Waals surface area contributed by atoms with Crippen LogP contribution in [0.2, 0.25) is 0 Å². The second-order valence-corrected chi connectivity index (χ2v) is 5.88. The van der Waals surface area contributed by atoms with Crippen molar-refractivity contribution in [1.29, 1.82) is 0 Å².